The zero-order valence-electron chi connectivity index (χ0n) is 11.9. The molecular weight excluding hydrogens is 397 g/mol. The van der Waals surface area contributed by atoms with Crippen LogP contribution in [0.4, 0.5) is 0 Å². The summed E-state index contributed by atoms with van der Waals surface area (Å²) in [5.74, 6) is 0. The third-order valence-corrected chi connectivity index (χ3v) is 11.5. The molecule has 0 spiro atoms. The second-order valence-corrected chi connectivity index (χ2v) is 11.6. The zero-order chi connectivity index (χ0) is 12.8. The Kier molecular flexibility index (Phi) is 6.12. The van der Waals surface area contributed by atoms with Gasteiger partial charge in [0.25, 0.3) is 0 Å². The van der Waals surface area contributed by atoms with Crippen LogP contribution in [0.15, 0.2) is 50.6 Å². The largest absolute Gasteiger partial charge is 1.00 e. The van der Waals surface area contributed by atoms with Gasteiger partial charge in [0.2, 0.25) is 0 Å². The van der Waals surface area contributed by atoms with E-state index in [2.05, 4.69) is 49.4 Å². The maximum Gasteiger partial charge on any atom is -1.00 e. The molecule has 1 heterocycles. The van der Waals surface area contributed by atoms with Crippen LogP contribution < -0.4 is 24.8 Å². The second-order valence-electron chi connectivity index (χ2n) is 5.38. The van der Waals surface area contributed by atoms with E-state index in [0.29, 0.717) is 0 Å². The number of halogens is 2. The average molecular weight is 414 g/mol. The van der Waals surface area contributed by atoms with E-state index in [0.717, 1.165) is 3.63 Å². The third kappa shape index (κ3) is 3.05. The quantitative estimate of drug-likeness (QED) is 0.552. The van der Waals surface area contributed by atoms with E-state index < -0.39 is 23.2 Å². The predicted octanol–water partition coefficient (Wildman–Crippen LogP) is -1.10. The van der Waals surface area contributed by atoms with Gasteiger partial charge in [-0.3, -0.25) is 0 Å². The van der Waals surface area contributed by atoms with Gasteiger partial charge in [0.1, 0.15) is 0 Å². The van der Waals surface area contributed by atoms with Crippen LogP contribution in [0.1, 0.15) is 28.1 Å². The summed E-state index contributed by atoms with van der Waals surface area (Å²) in [4.78, 5) is 0. The second kappa shape index (κ2) is 7.27. The Morgan fingerprint density at radius 2 is 2.05 bits per heavy atom. The maximum atomic E-state index is 2.53. The molecule has 4 rings (SSSR count). The van der Waals surface area contributed by atoms with Crippen molar-refractivity contribution in [3.05, 3.63) is 61.7 Å². The Labute approximate surface area is 152 Å². The van der Waals surface area contributed by atoms with E-state index in [1.165, 1.54) is 24.3 Å². The fraction of sp³-hybridized carbons (Fsp3) is 0.294. The Balaban J connectivity index is 0.000000807. The molecule has 1 aliphatic heterocycles. The van der Waals surface area contributed by atoms with Crippen LogP contribution in [0.25, 0.3) is 6.08 Å². The van der Waals surface area contributed by atoms with Crippen LogP contribution in [0.5, 0.6) is 0 Å². The molecule has 0 saturated carbocycles. The third-order valence-electron chi connectivity index (χ3n) is 4.33. The van der Waals surface area contributed by atoms with Gasteiger partial charge in [0, 0.05) is 0 Å². The van der Waals surface area contributed by atoms with Gasteiger partial charge in [0.05, 0.1) is 0 Å². The Hall–Kier alpha value is 0.333. The molecule has 0 amide bonds. The minimum Gasteiger partial charge on any atom is -1.00 e. The Morgan fingerprint density at radius 3 is 2.86 bits per heavy atom. The Bertz CT molecular complexity index is 633. The average Bonchev–Trinajstić information content (AvgIpc) is 2.94. The summed E-state index contributed by atoms with van der Waals surface area (Å²) in [6, 6.07) is 8.98. The van der Waals surface area contributed by atoms with E-state index in [1.54, 1.807) is 11.1 Å². The van der Waals surface area contributed by atoms with Crippen LogP contribution in [0.3, 0.4) is 0 Å². The number of hydrogen-bond acceptors (Lipinski definition) is 0. The molecule has 4 heteroatoms. The normalized spacial score (nSPS) is 24.1. The number of allylic oxidation sites excluding steroid dienone is 5. The molecule has 1 aromatic carbocycles. The molecule has 0 N–H and O–H groups in total. The minimum atomic E-state index is -0.472. The summed E-state index contributed by atoms with van der Waals surface area (Å²) in [6.07, 6.45) is 11.5. The van der Waals surface area contributed by atoms with E-state index in [-0.39, 0.29) is 32.7 Å². The van der Waals surface area contributed by atoms with Crippen molar-refractivity contribution in [3.8, 4) is 0 Å². The summed E-state index contributed by atoms with van der Waals surface area (Å²) < 4.78 is 2.72. The molecule has 0 nitrogen and oxygen atoms in total. The molecule has 2 atom stereocenters. The maximum absolute atomic E-state index is 2.53. The van der Waals surface area contributed by atoms with E-state index >= 15 is 0 Å². The predicted molar refractivity (Wildman–Crippen MR) is 80.3 cm³/mol. The van der Waals surface area contributed by atoms with E-state index in [9.17, 15) is 0 Å². The molecule has 0 bridgehead atoms. The van der Waals surface area contributed by atoms with Crippen LogP contribution in [0.2, 0.25) is 0 Å². The van der Waals surface area contributed by atoms with Crippen molar-refractivity contribution in [1.82, 2.24) is 0 Å². The fourth-order valence-electron chi connectivity index (χ4n) is 3.30. The van der Waals surface area contributed by atoms with Crippen molar-refractivity contribution in [1.29, 1.82) is 0 Å². The van der Waals surface area contributed by atoms with Gasteiger partial charge in [-0.2, -0.15) is 0 Å². The molecule has 0 aromatic heterocycles. The van der Waals surface area contributed by atoms with Gasteiger partial charge in [0.15, 0.2) is 0 Å². The smallest absolute Gasteiger partial charge is 1.00 e. The first-order valence-electron chi connectivity index (χ1n) is 7.08. The molecule has 108 valence electrons. The van der Waals surface area contributed by atoms with Crippen molar-refractivity contribution in [2.75, 3.05) is 12.3 Å². The summed E-state index contributed by atoms with van der Waals surface area (Å²) in [6.45, 7) is 2.38. The van der Waals surface area contributed by atoms with E-state index in [1.807, 2.05) is 8.60 Å². The number of fused-ring (bicyclic) bond motifs is 2. The van der Waals surface area contributed by atoms with Crippen LogP contribution in [-0.4, -0.2) is 12.3 Å². The molecule has 2 aliphatic carbocycles. The van der Waals surface area contributed by atoms with Gasteiger partial charge >= 0.3 is 128 Å². The summed E-state index contributed by atoms with van der Waals surface area (Å²) in [5, 5.41) is 1.88. The summed E-state index contributed by atoms with van der Waals surface area (Å²) in [7, 11) is 0.267. The molecular formula is C17H17Cl2PZr. The van der Waals surface area contributed by atoms with Crippen molar-refractivity contribution in [3.63, 3.8) is 0 Å². The van der Waals surface area contributed by atoms with Crippen LogP contribution in [0, 0.1) is 0 Å². The van der Waals surface area contributed by atoms with Crippen molar-refractivity contribution >= 4 is 14.0 Å². The van der Waals surface area contributed by atoms with Gasteiger partial charge in [-0.05, 0) is 0 Å². The standard InChI is InChI=1S/C9H7.C8H10P.2ClH.Zr/c1-2-5-9-7-3-6-8(9)4-1;1-2-9-6-7-4-3-5-8(7)9;;;/h1-7H;4H,2-3,6H2,1H3;2*1H;/q;;;;+2/p-2. The molecule has 1 aromatic rings. The van der Waals surface area contributed by atoms with Crippen molar-refractivity contribution < 1.29 is 48.0 Å². The molecule has 0 radical (unpaired) electrons. The topological polar surface area (TPSA) is 0 Å². The molecule has 1 fully saturated rings. The zero-order valence-corrected chi connectivity index (χ0v) is 16.8. The van der Waals surface area contributed by atoms with Gasteiger partial charge in [-0.1, -0.05) is 0 Å². The Morgan fingerprint density at radius 1 is 1.24 bits per heavy atom. The molecule has 21 heavy (non-hydrogen) atoms. The minimum absolute atomic E-state index is 0. The molecule has 2 unspecified atom stereocenters. The van der Waals surface area contributed by atoms with Crippen LogP contribution >= 0.6 is 7.92 Å². The van der Waals surface area contributed by atoms with E-state index in [4.69, 9.17) is 0 Å². The number of rotatable bonds is 3. The fourth-order valence-corrected chi connectivity index (χ4v) is 10.7. The molecule has 1 saturated heterocycles. The van der Waals surface area contributed by atoms with Gasteiger partial charge in [-0.15, -0.1) is 0 Å². The first-order valence-corrected chi connectivity index (χ1v) is 11.4. The number of benzene rings is 1. The van der Waals surface area contributed by atoms with Gasteiger partial charge < -0.3 is 24.8 Å². The van der Waals surface area contributed by atoms with Gasteiger partial charge in [-0.25, -0.2) is 0 Å². The van der Waals surface area contributed by atoms with Crippen LogP contribution in [-0.2, 0) is 23.2 Å². The molecule has 3 aliphatic rings. The first-order chi connectivity index (χ1) is 9.36. The van der Waals surface area contributed by atoms with Crippen molar-refractivity contribution in [2.24, 2.45) is 0 Å². The first kappa shape index (κ1) is 17.7. The summed E-state index contributed by atoms with van der Waals surface area (Å²) >= 11 is -0.472. The summed E-state index contributed by atoms with van der Waals surface area (Å²) in [5.41, 5.74) is 4.81. The monoisotopic (exact) mass is 412 g/mol. The number of hydrogen-bond donors (Lipinski definition) is 0. The van der Waals surface area contributed by atoms with Crippen molar-refractivity contribution in [2.45, 2.75) is 17.0 Å². The SMILES string of the molecule is CCP1CC2=CC[C]([Zr+2][CH]3C=Cc4ccccc43)=C21.[Cl-].[Cl-].